The van der Waals surface area contributed by atoms with Gasteiger partial charge in [-0.05, 0) is 0 Å². The molecular weight excluding hydrogens is 263 g/mol. The van der Waals surface area contributed by atoms with Crippen molar-refractivity contribution in [2.45, 2.75) is 0 Å². The Morgan fingerprint density at radius 3 is 0.917 bits per heavy atom. The summed E-state index contributed by atoms with van der Waals surface area (Å²) in [5, 5.41) is 0. The minimum atomic E-state index is -4.40. The molecule has 0 aliphatic carbocycles. The molecule has 12 heavy (non-hydrogen) atoms. The van der Waals surface area contributed by atoms with Gasteiger partial charge >= 0.3 is 20.8 Å². The highest BCUT2D eigenvalue weighted by molar-refractivity contribution is 7.81. The normalized spacial score (nSPS) is 11.7. The van der Waals surface area contributed by atoms with Crippen molar-refractivity contribution in [3.63, 3.8) is 0 Å². The van der Waals surface area contributed by atoms with Crippen LogP contribution in [0.3, 0.4) is 0 Å². The van der Waals surface area contributed by atoms with Gasteiger partial charge in [0.15, 0.2) is 0 Å². The van der Waals surface area contributed by atoms with Crippen molar-refractivity contribution >= 4 is 44.5 Å². The van der Waals surface area contributed by atoms with E-state index in [1.165, 1.54) is 0 Å². The first-order valence-corrected chi connectivity index (χ1v) is 5.02. The summed E-state index contributed by atoms with van der Waals surface area (Å²) in [6, 6.07) is 0. The molecule has 0 atom stereocenters. The zero-order valence-corrected chi connectivity index (χ0v) is 8.06. The first-order valence-electron chi connectivity index (χ1n) is 1.67. The Bertz CT molecular complexity index is 251. The first kappa shape index (κ1) is 14.8. The summed E-state index contributed by atoms with van der Waals surface area (Å²) in [5.41, 5.74) is 0. The van der Waals surface area contributed by atoms with Gasteiger partial charge in [0.2, 0.25) is 0 Å². The predicted octanol–water partition coefficient (Wildman–Crippen LogP) is -0.0808. The molecule has 0 fully saturated rings. The zero-order chi connectivity index (χ0) is 10.4. The van der Waals surface area contributed by atoms with Gasteiger partial charge in [-0.15, -0.1) is 7.47 Å². The molecular formula is H2Cl2O8S2. The van der Waals surface area contributed by atoms with Gasteiger partial charge in [0.25, 0.3) is 0 Å². The summed E-state index contributed by atoms with van der Waals surface area (Å²) in [7, 11) is -8.79. The molecule has 0 aromatic rings. The Hall–Kier alpha value is 0.320. The van der Waals surface area contributed by atoms with Crippen LogP contribution in [-0.2, 0) is 28.3 Å². The largest absolute Gasteiger partial charge is 0.413 e. The van der Waals surface area contributed by atoms with E-state index in [9.17, 15) is 16.8 Å². The van der Waals surface area contributed by atoms with E-state index in [2.05, 4.69) is 31.2 Å². The maximum Gasteiger partial charge on any atom is 0.413 e. The number of rotatable bonds is 2. The molecule has 0 unspecified atom stereocenters. The van der Waals surface area contributed by atoms with E-state index in [0.29, 0.717) is 0 Å². The second-order valence-electron chi connectivity index (χ2n) is 0.981. The zero-order valence-electron chi connectivity index (χ0n) is 4.92. The molecule has 0 aliphatic heterocycles. The summed E-state index contributed by atoms with van der Waals surface area (Å²) in [6.45, 7) is 0. The minimum Gasteiger partial charge on any atom is -0.263 e. The van der Waals surface area contributed by atoms with E-state index in [1.807, 2.05) is 0 Å². The topological polar surface area (TPSA) is 127 Å². The van der Waals surface area contributed by atoms with Crippen LogP contribution in [-0.4, -0.2) is 25.9 Å². The third-order valence-electron chi connectivity index (χ3n) is 0.159. The molecule has 0 saturated heterocycles. The van der Waals surface area contributed by atoms with Gasteiger partial charge in [-0.1, -0.05) is 0 Å². The highest BCUT2D eigenvalue weighted by Crippen LogP contribution is 1.86. The van der Waals surface area contributed by atoms with E-state index < -0.39 is 20.8 Å². The lowest BCUT2D eigenvalue weighted by atomic mass is 15.8. The molecule has 0 spiro atoms. The van der Waals surface area contributed by atoms with Crippen LogP contribution in [0.25, 0.3) is 0 Å². The monoisotopic (exact) mass is 264 g/mol. The summed E-state index contributed by atoms with van der Waals surface area (Å²) < 4.78 is 57.6. The third-order valence-corrected chi connectivity index (χ3v) is 1.43. The predicted molar refractivity (Wildman–Crippen MR) is 37.0 cm³/mol. The number of hydrogen-bond acceptors (Lipinski definition) is 6. The Kier molecular flexibility index (Phi) is 7.26. The van der Waals surface area contributed by atoms with E-state index in [4.69, 9.17) is 9.11 Å². The van der Waals surface area contributed by atoms with Crippen molar-refractivity contribution < 1.29 is 33.4 Å². The maximum absolute atomic E-state index is 9.20. The first-order chi connectivity index (χ1) is 5.12. The molecule has 0 radical (unpaired) electrons. The number of hydrogen-bond donors (Lipinski definition) is 2. The standard InChI is InChI=1S/2ClHO4S/c2*1-5-6(2,3)4/h2*(H,2,3,4). The Morgan fingerprint density at radius 2 is 0.917 bits per heavy atom. The van der Waals surface area contributed by atoms with Gasteiger partial charge in [-0.2, -0.15) is 16.8 Å². The van der Waals surface area contributed by atoms with E-state index in [-0.39, 0.29) is 0 Å². The van der Waals surface area contributed by atoms with Crippen molar-refractivity contribution in [3.05, 3.63) is 0 Å². The second-order valence-corrected chi connectivity index (χ2v) is 3.70. The van der Waals surface area contributed by atoms with E-state index in [1.54, 1.807) is 0 Å². The highest BCUT2D eigenvalue weighted by atomic mass is 35.5. The summed E-state index contributed by atoms with van der Waals surface area (Å²) in [5.74, 6) is 0. The van der Waals surface area contributed by atoms with Crippen molar-refractivity contribution in [1.29, 1.82) is 0 Å². The molecule has 0 bridgehead atoms. The molecule has 0 aromatic carbocycles. The molecule has 0 amide bonds. The second kappa shape index (κ2) is 5.88. The van der Waals surface area contributed by atoms with Gasteiger partial charge in [-0.25, -0.2) is 0 Å². The molecule has 8 nitrogen and oxygen atoms in total. The van der Waals surface area contributed by atoms with Crippen LogP contribution in [0.4, 0.5) is 0 Å². The molecule has 0 aliphatic rings. The van der Waals surface area contributed by atoms with Gasteiger partial charge in [0.1, 0.15) is 0 Å². The van der Waals surface area contributed by atoms with Gasteiger partial charge < -0.3 is 0 Å². The lowest BCUT2D eigenvalue weighted by Gasteiger charge is -1.77. The fourth-order valence-electron chi connectivity index (χ4n) is 0. The maximum atomic E-state index is 9.20. The molecule has 12 heteroatoms. The smallest absolute Gasteiger partial charge is 0.263 e. The Balaban J connectivity index is 0. The summed E-state index contributed by atoms with van der Waals surface area (Å²) in [4.78, 5) is 0. The van der Waals surface area contributed by atoms with Gasteiger partial charge in [-0.3, -0.25) is 9.11 Å². The van der Waals surface area contributed by atoms with Crippen LogP contribution in [0, 0.1) is 0 Å². The van der Waals surface area contributed by atoms with Crippen LogP contribution in [0.15, 0.2) is 0 Å². The van der Waals surface area contributed by atoms with E-state index >= 15 is 0 Å². The quantitative estimate of drug-likeness (QED) is 0.663. The average Bonchev–Trinajstić information content (AvgIpc) is 1.86. The van der Waals surface area contributed by atoms with Crippen molar-refractivity contribution in [3.8, 4) is 0 Å². The Labute approximate surface area is 78.2 Å². The lowest BCUT2D eigenvalue weighted by Crippen LogP contribution is -1.92. The highest BCUT2D eigenvalue weighted by Gasteiger charge is 1.97. The van der Waals surface area contributed by atoms with Crippen LogP contribution < -0.4 is 0 Å². The molecule has 0 rings (SSSR count). The number of halogens is 2. The minimum absolute atomic E-state index is 2.94. The van der Waals surface area contributed by atoms with Gasteiger partial charge in [0, 0.05) is 0 Å². The van der Waals surface area contributed by atoms with Crippen LogP contribution in [0.2, 0.25) is 0 Å². The average molecular weight is 265 g/mol. The van der Waals surface area contributed by atoms with Crippen molar-refractivity contribution in [1.82, 2.24) is 0 Å². The third kappa shape index (κ3) is 22.4. The molecule has 0 aromatic heterocycles. The summed E-state index contributed by atoms with van der Waals surface area (Å²) in [6.07, 6.45) is 0. The van der Waals surface area contributed by atoms with Gasteiger partial charge in [0.05, 0.1) is 23.7 Å². The Morgan fingerprint density at radius 1 is 0.833 bits per heavy atom. The fourth-order valence-corrected chi connectivity index (χ4v) is 0. The summed E-state index contributed by atoms with van der Waals surface area (Å²) >= 11 is 8.28. The SMILES string of the molecule is O=S(=O)(O)OCl.O=S(=O)(O)OCl. The molecule has 2 N–H and O–H groups in total. The fraction of sp³-hybridized carbons (Fsp3) is 0. The van der Waals surface area contributed by atoms with Crippen LogP contribution >= 0.6 is 23.7 Å². The molecule has 0 saturated carbocycles. The van der Waals surface area contributed by atoms with Crippen molar-refractivity contribution in [2.75, 3.05) is 0 Å². The van der Waals surface area contributed by atoms with E-state index in [0.717, 1.165) is 0 Å². The molecule has 0 heterocycles. The molecule has 76 valence electrons. The van der Waals surface area contributed by atoms with Crippen LogP contribution in [0.5, 0.6) is 0 Å². The lowest BCUT2D eigenvalue weighted by molar-refractivity contribution is 0.398. The van der Waals surface area contributed by atoms with Crippen LogP contribution in [0.1, 0.15) is 0 Å². The van der Waals surface area contributed by atoms with Crippen molar-refractivity contribution in [2.24, 2.45) is 0 Å².